The van der Waals surface area contributed by atoms with Crippen LogP contribution in [0.3, 0.4) is 0 Å². The van der Waals surface area contributed by atoms with Crippen molar-refractivity contribution in [2.75, 3.05) is 51.4 Å². The van der Waals surface area contributed by atoms with Crippen LogP contribution in [0.25, 0.3) is 0 Å². The van der Waals surface area contributed by atoms with E-state index in [1.54, 1.807) is 60.6 Å². The predicted molar refractivity (Wildman–Crippen MR) is 223 cm³/mol. The number of unbranched alkanes of at least 4 members (excludes halogenated alkanes) is 4. The quantitative estimate of drug-likeness (QED) is 0.0371. The molecule has 0 saturated carbocycles. The molecule has 0 aliphatic carbocycles. The molecule has 13 heteroatoms. The summed E-state index contributed by atoms with van der Waals surface area (Å²) in [5.74, 6) is -1.97. The van der Waals surface area contributed by atoms with E-state index >= 15 is 0 Å². The molecule has 56 heavy (non-hydrogen) atoms. The number of allylic oxidation sites excluding steroid dienone is 1. The van der Waals surface area contributed by atoms with Crippen LogP contribution in [-0.4, -0.2) is 98.1 Å². The molecule has 0 heterocycles. The van der Waals surface area contributed by atoms with E-state index < -0.39 is 40.3 Å². The summed E-state index contributed by atoms with van der Waals surface area (Å²) in [7, 11) is 0. The molecule has 13 nitrogen and oxygen atoms in total. The molecule has 1 rings (SSSR count). The highest BCUT2D eigenvalue weighted by Crippen LogP contribution is 2.37. The Bertz CT molecular complexity index is 1390. The summed E-state index contributed by atoms with van der Waals surface area (Å²) in [6.45, 7) is 20.5. The Kier molecular flexibility index (Phi) is 23.0. The largest absolute Gasteiger partial charge is 0.481 e. The summed E-state index contributed by atoms with van der Waals surface area (Å²) >= 11 is 0. The maximum Gasteiger partial charge on any atom is 0.309 e. The molecule has 7 N–H and O–H groups in total. The minimum atomic E-state index is -1.03. The number of Topliss-reactive ketones (excluding diaryl/α,β-unsaturated/α-hetero) is 2. The van der Waals surface area contributed by atoms with Gasteiger partial charge in [-0.05, 0) is 110 Å². The Morgan fingerprint density at radius 1 is 0.821 bits per heavy atom. The third-order valence-corrected chi connectivity index (χ3v) is 9.99. The van der Waals surface area contributed by atoms with Crippen LogP contribution in [0.5, 0.6) is 0 Å². The van der Waals surface area contributed by atoms with Crippen LogP contribution in [0.2, 0.25) is 0 Å². The van der Waals surface area contributed by atoms with Gasteiger partial charge in [-0.2, -0.15) is 0 Å². The normalized spacial score (nSPS) is 13.1. The number of nitrogens with one attached hydrogen (secondary N) is 4. The van der Waals surface area contributed by atoms with Crippen molar-refractivity contribution in [1.29, 1.82) is 0 Å². The van der Waals surface area contributed by atoms with Gasteiger partial charge in [0.2, 0.25) is 5.91 Å². The number of ether oxygens (including phenoxy) is 2. The lowest BCUT2D eigenvalue weighted by Crippen LogP contribution is -2.54. The van der Waals surface area contributed by atoms with E-state index in [1.165, 1.54) is 24.8 Å². The first kappa shape index (κ1) is 50.4. The summed E-state index contributed by atoms with van der Waals surface area (Å²) in [5.41, 5.74) is 5.72. The van der Waals surface area contributed by atoms with Crippen molar-refractivity contribution in [2.24, 2.45) is 16.6 Å². The average Bonchev–Trinajstić information content (AvgIpc) is 3.13. The summed E-state index contributed by atoms with van der Waals surface area (Å²) < 4.78 is 11.1. The van der Waals surface area contributed by atoms with Crippen LogP contribution in [0, 0.1) is 10.8 Å². The molecule has 318 valence electrons. The molecule has 0 spiro atoms. The fourth-order valence-corrected chi connectivity index (χ4v) is 6.62. The molecular weight excluding hydrogens is 714 g/mol. The second-order valence-electron chi connectivity index (χ2n) is 16.6. The van der Waals surface area contributed by atoms with Gasteiger partial charge in [-0.1, -0.05) is 45.8 Å². The molecule has 0 bridgehead atoms. The van der Waals surface area contributed by atoms with E-state index in [0.717, 1.165) is 31.5 Å². The van der Waals surface area contributed by atoms with E-state index in [0.29, 0.717) is 44.5 Å². The first-order valence-corrected chi connectivity index (χ1v) is 20.3. The van der Waals surface area contributed by atoms with Gasteiger partial charge in [0.25, 0.3) is 5.91 Å². The van der Waals surface area contributed by atoms with Crippen LogP contribution in [0.1, 0.15) is 130 Å². The van der Waals surface area contributed by atoms with E-state index in [2.05, 4.69) is 34.8 Å². The zero-order valence-corrected chi connectivity index (χ0v) is 35.6. The van der Waals surface area contributed by atoms with Crippen molar-refractivity contribution in [3.63, 3.8) is 0 Å². The van der Waals surface area contributed by atoms with Gasteiger partial charge in [0, 0.05) is 36.3 Å². The fourth-order valence-electron chi connectivity index (χ4n) is 6.62. The van der Waals surface area contributed by atoms with Crippen molar-refractivity contribution in [3.05, 3.63) is 42.0 Å². The molecule has 0 aromatic heterocycles. The van der Waals surface area contributed by atoms with Crippen LogP contribution >= 0.6 is 0 Å². The molecule has 2 amide bonds. The number of rotatable bonds is 33. The predicted octanol–water partition coefficient (Wildman–Crippen LogP) is 5.81. The van der Waals surface area contributed by atoms with Crippen LogP contribution in [0.15, 0.2) is 36.4 Å². The number of carbonyl (C=O) groups excluding carboxylic acids is 4. The van der Waals surface area contributed by atoms with Crippen molar-refractivity contribution in [1.82, 2.24) is 16.0 Å². The van der Waals surface area contributed by atoms with Gasteiger partial charge in [0.15, 0.2) is 11.6 Å². The first-order valence-electron chi connectivity index (χ1n) is 20.3. The average molecular weight is 788 g/mol. The molecule has 2 unspecified atom stereocenters. The number of carboxylic acid groups (broad SMARTS) is 1. The molecule has 0 fully saturated rings. The SMILES string of the molecule is C=C(CC)CCCCCCNc1ccc(C(=O)NCCCCC(NC(C)C(=O)COCCOCCNC(C)(C)C(=O)C(C)(C)CC(C)(C)C(=O)O)C(N)=O)cc1. The molecule has 2 atom stereocenters. The highest BCUT2D eigenvalue weighted by atomic mass is 16.5. The second-order valence-corrected chi connectivity index (χ2v) is 16.6. The number of primary amides is 1. The minimum Gasteiger partial charge on any atom is -0.481 e. The van der Waals surface area contributed by atoms with Gasteiger partial charge in [-0.15, -0.1) is 0 Å². The summed E-state index contributed by atoms with van der Waals surface area (Å²) in [6.07, 6.45) is 8.73. The van der Waals surface area contributed by atoms with E-state index in [9.17, 15) is 29.1 Å². The number of amides is 2. The van der Waals surface area contributed by atoms with Gasteiger partial charge in [0.05, 0.1) is 42.9 Å². The number of aliphatic carboxylic acids is 1. The third-order valence-electron chi connectivity index (χ3n) is 9.99. The zero-order chi connectivity index (χ0) is 42.4. The van der Waals surface area contributed by atoms with Gasteiger partial charge in [-0.25, -0.2) is 0 Å². The monoisotopic (exact) mass is 788 g/mol. The number of hydrogen-bond acceptors (Lipinski definition) is 10. The van der Waals surface area contributed by atoms with Crippen LogP contribution in [-0.2, 0) is 28.7 Å². The van der Waals surface area contributed by atoms with Crippen molar-refractivity contribution in [2.45, 2.75) is 137 Å². The highest BCUT2D eigenvalue weighted by Gasteiger charge is 2.44. The standard InChI is InChI=1S/C43H73N5O8/c1-10-31(2)17-13-11-12-15-23-45-34-21-19-33(20-22-34)38(51)46-24-16-14-18-35(37(44)50)48-32(3)36(49)29-56-28-27-55-26-25-47-43(8,9)39(52)41(4,5)30-42(6,7)40(53)54/h19-22,32,35,45,47-48H,2,10-18,23-30H2,1,3-9H3,(H2,44,50)(H,46,51)(H,53,54). The molecule has 0 radical (unpaired) electrons. The number of hydrogen-bond donors (Lipinski definition) is 6. The number of benzene rings is 1. The van der Waals surface area contributed by atoms with E-state index in [-0.39, 0.29) is 43.7 Å². The maximum atomic E-state index is 13.2. The van der Waals surface area contributed by atoms with Gasteiger partial charge in [-0.3, -0.25) is 29.3 Å². The Labute approximate surface area is 336 Å². The highest BCUT2D eigenvalue weighted by molar-refractivity contribution is 5.94. The summed E-state index contributed by atoms with van der Waals surface area (Å²) in [4.78, 5) is 62.2. The van der Waals surface area contributed by atoms with Crippen molar-refractivity contribution >= 4 is 35.0 Å². The van der Waals surface area contributed by atoms with Crippen LogP contribution < -0.4 is 27.0 Å². The maximum absolute atomic E-state index is 13.2. The Balaban J connectivity index is 2.26. The number of nitrogens with two attached hydrogens (primary N) is 1. The minimum absolute atomic E-state index is 0.0844. The molecule has 1 aromatic rings. The number of ketones is 2. The lowest BCUT2D eigenvalue weighted by molar-refractivity contribution is -0.150. The number of carboxylic acids is 1. The van der Waals surface area contributed by atoms with Gasteiger partial charge < -0.3 is 36.3 Å². The zero-order valence-electron chi connectivity index (χ0n) is 35.6. The summed E-state index contributed by atoms with van der Waals surface area (Å²) in [6, 6.07) is 6.07. The molecule has 0 aliphatic rings. The van der Waals surface area contributed by atoms with Crippen LogP contribution in [0.4, 0.5) is 5.69 Å². The topological polar surface area (TPSA) is 198 Å². The second kappa shape index (κ2) is 25.6. The Hall–Kier alpha value is -3.65. The lowest BCUT2D eigenvalue weighted by atomic mass is 9.69. The number of carbonyl (C=O) groups is 5. The fraction of sp³-hybridized carbons (Fsp3) is 0.698. The Morgan fingerprint density at radius 2 is 1.45 bits per heavy atom. The molecule has 1 aromatic carbocycles. The number of anilines is 1. The van der Waals surface area contributed by atoms with E-state index in [4.69, 9.17) is 15.2 Å². The van der Waals surface area contributed by atoms with Crippen molar-refractivity contribution < 1.29 is 38.6 Å². The molecular formula is C43H73N5O8. The first-order chi connectivity index (χ1) is 26.2. The smallest absolute Gasteiger partial charge is 0.309 e. The van der Waals surface area contributed by atoms with Gasteiger partial charge >= 0.3 is 5.97 Å². The van der Waals surface area contributed by atoms with Crippen molar-refractivity contribution in [3.8, 4) is 0 Å². The molecule has 0 aliphatic heterocycles. The lowest BCUT2D eigenvalue weighted by Gasteiger charge is -2.37. The van der Waals surface area contributed by atoms with E-state index in [1.807, 2.05) is 12.1 Å². The van der Waals surface area contributed by atoms with Gasteiger partial charge in [0.1, 0.15) is 6.61 Å². The summed E-state index contributed by atoms with van der Waals surface area (Å²) in [5, 5.41) is 22.0. The Morgan fingerprint density at radius 3 is 2.07 bits per heavy atom. The third kappa shape index (κ3) is 20.0. The molecule has 0 saturated heterocycles.